The van der Waals surface area contributed by atoms with E-state index in [4.69, 9.17) is 0 Å². The van der Waals surface area contributed by atoms with Crippen molar-refractivity contribution in [1.29, 1.82) is 0 Å². The SMILES string of the molecule is Cc1cccc(NC(=O)Cn2cc(C(=O)N3CCSCC3)c(=O)c3ccc(C)nc32)c1. The van der Waals surface area contributed by atoms with Crippen molar-refractivity contribution >= 4 is 40.3 Å². The summed E-state index contributed by atoms with van der Waals surface area (Å²) in [5, 5.41) is 3.21. The van der Waals surface area contributed by atoms with Crippen molar-refractivity contribution in [2.24, 2.45) is 0 Å². The average Bonchev–Trinajstić information content (AvgIpc) is 2.75. The van der Waals surface area contributed by atoms with Crippen LogP contribution in [0.1, 0.15) is 21.6 Å². The number of pyridine rings is 2. The topological polar surface area (TPSA) is 84.3 Å². The number of amides is 2. The molecule has 0 aliphatic carbocycles. The molecule has 3 heterocycles. The molecule has 1 N–H and O–H groups in total. The second kappa shape index (κ2) is 8.93. The van der Waals surface area contributed by atoms with Crippen LogP contribution in [-0.2, 0) is 11.3 Å². The summed E-state index contributed by atoms with van der Waals surface area (Å²) in [6.45, 7) is 4.94. The summed E-state index contributed by atoms with van der Waals surface area (Å²) in [5.74, 6) is 1.16. The number of rotatable bonds is 4. The number of aromatic nitrogens is 2. The smallest absolute Gasteiger partial charge is 0.259 e. The molecule has 0 atom stereocenters. The number of anilines is 1. The lowest BCUT2D eigenvalue weighted by molar-refractivity contribution is -0.116. The molecular formula is C23H24N4O3S. The molecule has 0 unspecified atom stereocenters. The van der Waals surface area contributed by atoms with Gasteiger partial charge in [0.15, 0.2) is 0 Å². The van der Waals surface area contributed by atoms with Crippen molar-refractivity contribution in [3.63, 3.8) is 0 Å². The highest BCUT2D eigenvalue weighted by Crippen LogP contribution is 2.16. The van der Waals surface area contributed by atoms with Gasteiger partial charge < -0.3 is 14.8 Å². The van der Waals surface area contributed by atoms with Crippen molar-refractivity contribution in [2.45, 2.75) is 20.4 Å². The third-order valence-corrected chi connectivity index (χ3v) is 6.15. The summed E-state index contributed by atoms with van der Waals surface area (Å²) < 4.78 is 1.60. The Kier molecular flexibility index (Phi) is 6.08. The lowest BCUT2D eigenvalue weighted by Gasteiger charge is -2.26. The van der Waals surface area contributed by atoms with E-state index in [1.807, 2.05) is 38.1 Å². The molecule has 4 rings (SSSR count). The van der Waals surface area contributed by atoms with Gasteiger partial charge >= 0.3 is 0 Å². The highest BCUT2D eigenvalue weighted by molar-refractivity contribution is 7.99. The maximum atomic E-state index is 13.1. The van der Waals surface area contributed by atoms with Gasteiger partial charge in [-0.1, -0.05) is 12.1 Å². The van der Waals surface area contributed by atoms with Crippen molar-refractivity contribution in [3.05, 3.63) is 69.6 Å². The molecule has 31 heavy (non-hydrogen) atoms. The minimum atomic E-state index is -0.346. The molecule has 0 bridgehead atoms. The van der Waals surface area contributed by atoms with E-state index in [-0.39, 0.29) is 29.4 Å². The van der Waals surface area contributed by atoms with E-state index in [2.05, 4.69) is 10.3 Å². The maximum absolute atomic E-state index is 13.1. The van der Waals surface area contributed by atoms with Crippen molar-refractivity contribution in [1.82, 2.24) is 14.5 Å². The zero-order valence-electron chi connectivity index (χ0n) is 17.6. The molecule has 1 aromatic carbocycles. The Bertz CT molecular complexity index is 1220. The van der Waals surface area contributed by atoms with Gasteiger partial charge in [0.05, 0.1) is 5.39 Å². The van der Waals surface area contributed by atoms with Gasteiger partial charge in [0.25, 0.3) is 5.91 Å². The van der Waals surface area contributed by atoms with E-state index in [1.54, 1.807) is 33.4 Å². The number of benzene rings is 1. The quantitative estimate of drug-likeness (QED) is 0.680. The number of fused-ring (bicyclic) bond motifs is 1. The Labute approximate surface area is 184 Å². The number of thioether (sulfide) groups is 1. The van der Waals surface area contributed by atoms with E-state index in [9.17, 15) is 14.4 Å². The largest absolute Gasteiger partial charge is 0.337 e. The Morgan fingerprint density at radius 3 is 2.65 bits per heavy atom. The molecular weight excluding hydrogens is 412 g/mol. The van der Waals surface area contributed by atoms with Gasteiger partial charge in [0.1, 0.15) is 17.8 Å². The minimum absolute atomic E-state index is 0.0582. The van der Waals surface area contributed by atoms with Crippen LogP contribution in [-0.4, -0.2) is 50.9 Å². The summed E-state index contributed by atoms with van der Waals surface area (Å²) in [4.78, 5) is 45.1. The molecule has 3 aromatic rings. The molecule has 160 valence electrons. The molecule has 1 aliphatic heterocycles. The minimum Gasteiger partial charge on any atom is -0.337 e. The van der Waals surface area contributed by atoms with Gasteiger partial charge in [-0.15, -0.1) is 0 Å². The number of aryl methyl sites for hydroxylation is 2. The van der Waals surface area contributed by atoms with Gasteiger partial charge in [-0.25, -0.2) is 4.98 Å². The number of carbonyl (C=O) groups is 2. The first-order valence-electron chi connectivity index (χ1n) is 10.2. The first-order valence-corrected chi connectivity index (χ1v) is 11.3. The summed E-state index contributed by atoms with van der Waals surface area (Å²) in [6, 6.07) is 10.9. The molecule has 0 saturated carbocycles. The zero-order valence-corrected chi connectivity index (χ0v) is 18.4. The summed E-state index contributed by atoms with van der Waals surface area (Å²) >= 11 is 1.79. The number of hydrogen-bond acceptors (Lipinski definition) is 5. The first kappa shape index (κ1) is 21.1. The van der Waals surface area contributed by atoms with Crippen molar-refractivity contribution in [2.75, 3.05) is 29.9 Å². The molecule has 1 fully saturated rings. The molecule has 8 heteroatoms. The van der Waals surface area contributed by atoms with Crippen LogP contribution in [0.4, 0.5) is 5.69 Å². The van der Waals surface area contributed by atoms with Gasteiger partial charge in [0, 0.05) is 42.2 Å². The average molecular weight is 437 g/mol. The third kappa shape index (κ3) is 4.64. The van der Waals surface area contributed by atoms with Gasteiger partial charge in [-0.05, 0) is 43.7 Å². The van der Waals surface area contributed by atoms with Crippen LogP contribution in [0.5, 0.6) is 0 Å². The number of nitrogens with zero attached hydrogens (tertiary/aromatic N) is 3. The van der Waals surface area contributed by atoms with E-state index in [0.29, 0.717) is 29.8 Å². The zero-order chi connectivity index (χ0) is 22.0. The summed E-state index contributed by atoms with van der Waals surface area (Å²) in [6.07, 6.45) is 1.48. The summed E-state index contributed by atoms with van der Waals surface area (Å²) in [7, 11) is 0. The van der Waals surface area contributed by atoms with Crippen LogP contribution in [0, 0.1) is 13.8 Å². The van der Waals surface area contributed by atoms with Crippen LogP contribution in [0.15, 0.2) is 47.4 Å². The Morgan fingerprint density at radius 2 is 1.90 bits per heavy atom. The predicted octanol–water partition coefficient (Wildman–Crippen LogP) is 2.84. The lowest BCUT2D eigenvalue weighted by Crippen LogP contribution is -2.40. The van der Waals surface area contributed by atoms with Crippen LogP contribution in [0.2, 0.25) is 0 Å². The van der Waals surface area contributed by atoms with Gasteiger partial charge in [-0.3, -0.25) is 14.4 Å². The Morgan fingerprint density at radius 1 is 1.13 bits per heavy atom. The molecule has 0 radical (unpaired) electrons. The fourth-order valence-corrected chi connectivity index (χ4v) is 4.55. The fourth-order valence-electron chi connectivity index (χ4n) is 3.65. The highest BCUT2D eigenvalue weighted by Gasteiger charge is 2.23. The van der Waals surface area contributed by atoms with E-state index < -0.39 is 0 Å². The normalized spacial score (nSPS) is 13.9. The molecule has 0 spiro atoms. The Balaban J connectivity index is 1.71. The van der Waals surface area contributed by atoms with Gasteiger partial charge in [-0.2, -0.15) is 11.8 Å². The predicted molar refractivity (Wildman–Crippen MR) is 124 cm³/mol. The maximum Gasteiger partial charge on any atom is 0.259 e. The Hall–Kier alpha value is -3.13. The fraction of sp³-hybridized carbons (Fsp3) is 0.304. The molecule has 1 aliphatic rings. The van der Waals surface area contributed by atoms with Crippen LogP contribution in [0.3, 0.4) is 0 Å². The van der Waals surface area contributed by atoms with Crippen LogP contribution < -0.4 is 10.7 Å². The number of carbonyl (C=O) groups excluding carboxylic acids is 2. The van der Waals surface area contributed by atoms with Crippen LogP contribution in [0.25, 0.3) is 11.0 Å². The second-order valence-corrected chi connectivity index (χ2v) is 8.87. The van der Waals surface area contributed by atoms with E-state index in [0.717, 1.165) is 22.8 Å². The second-order valence-electron chi connectivity index (χ2n) is 7.65. The highest BCUT2D eigenvalue weighted by atomic mass is 32.2. The number of hydrogen-bond donors (Lipinski definition) is 1. The van der Waals surface area contributed by atoms with Crippen molar-refractivity contribution < 1.29 is 9.59 Å². The lowest BCUT2D eigenvalue weighted by atomic mass is 10.1. The third-order valence-electron chi connectivity index (χ3n) is 5.21. The molecule has 2 amide bonds. The van der Waals surface area contributed by atoms with Crippen LogP contribution >= 0.6 is 11.8 Å². The molecule has 2 aromatic heterocycles. The summed E-state index contributed by atoms with van der Waals surface area (Å²) in [5.41, 5.74) is 2.59. The van der Waals surface area contributed by atoms with E-state index in [1.165, 1.54) is 6.20 Å². The van der Waals surface area contributed by atoms with Gasteiger partial charge in [0.2, 0.25) is 11.3 Å². The first-order chi connectivity index (χ1) is 14.9. The molecule has 1 saturated heterocycles. The van der Waals surface area contributed by atoms with Crippen molar-refractivity contribution in [3.8, 4) is 0 Å². The molecule has 7 nitrogen and oxygen atoms in total. The monoisotopic (exact) mass is 436 g/mol. The number of nitrogens with one attached hydrogen (secondary N) is 1. The standard InChI is InChI=1S/C23H24N4O3S/c1-15-4-3-5-17(12-15)25-20(28)14-27-13-19(23(30)26-8-10-31-11-9-26)21(29)18-7-6-16(2)24-22(18)27/h3-7,12-13H,8-11,14H2,1-2H3,(H,25,28). The van der Waals surface area contributed by atoms with E-state index >= 15 is 0 Å².